The molecule has 0 fully saturated rings. The van der Waals surface area contributed by atoms with Crippen molar-refractivity contribution in [2.24, 2.45) is 0 Å². The first-order chi connectivity index (χ1) is 8.72. The van der Waals surface area contributed by atoms with Crippen LogP contribution in [-0.2, 0) is 0 Å². The molecule has 0 spiro atoms. The first-order valence-corrected chi connectivity index (χ1v) is 6.06. The molecule has 0 saturated carbocycles. The van der Waals surface area contributed by atoms with Crippen LogP contribution in [0.2, 0.25) is 0 Å². The number of benzene rings is 2. The van der Waals surface area contributed by atoms with Crippen LogP contribution in [0.5, 0.6) is 5.75 Å². The molecule has 0 radical (unpaired) electrons. The SMILES string of the molecule is C=C(C)C(c1ccccc1)c1ccc(OC)cc1. The van der Waals surface area contributed by atoms with Crippen LogP contribution in [0.1, 0.15) is 24.0 Å². The molecule has 2 aromatic rings. The number of allylic oxidation sites excluding steroid dienone is 1. The lowest BCUT2D eigenvalue weighted by Crippen LogP contribution is -2.01. The Morgan fingerprint density at radius 2 is 1.50 bits per heavy atom. The number of hydrogen-bond acceptors (Lipinski definition) is 1. The Morgan fingerprint density at radius 3 is 2.00 bits per heavy atom. The van der Waals surface area contributed by atoms with Crippen molar-refractivity contribution >= 4 is 0 Å². The highest BCUT2D eigenvalue weighted by Crippen LogP contribution is 2.31. The van der Waals surface area contributed by atoms with E-state index in [-0.39, 0.29) is 5.92 Å². The molecule has 18 heavy (non-hydrogen) atoms. The van der Waals surface area contributed by atoms with Gasteiger partial charge < -0.3 is 4.74 Å². The van der Waals surface area contributed by atoms with Gasteiger partial charge in [-0.3, -0.25) is 0 Å². The Kier molecular flexibility index (Phi) is 3.83. The summed E-state index contributed by atoms with van der Waals surface area (Å²) in [5, 5.41) is 0. The van der Waals surface area contributed by atoms with E-state index in [1.165, 1.54) is 11.1 Å². The molecule has 0 bridgehead atoms. The molecule has 1 atom stereocenters. The summed E-state index contributed by atoms with van der Waals surface area (Å²) in [5.74, 6) is 1.13. The smallest absolute Gasteiger partial charge is 0.118 e. The van der Waals surface area contributed by atoms with Gasteiger partial charge >= 0.3 is 0 Å². The topological polar surface area (TPSA) is 9.23 Å². The summed E-state index contributed by atoms with van der Waals surface area (Å²) in [7, 11) is 1.68. The second-order valence-electron chi connectivity index (χ2n) is 4.46. The Bertz CT molecular complexity index is 511. The normalized spacial score (nSPS) is 11.9. The molecule has 0 N–H and O–H groups in total. The molecular weight excluding hydrogens is 220 g/mol. The maximum absolute atomic E-state index is 5.19. The standard InChI is InChI=1S/C17H18O/c1-13(2)17(14-7-5-4-6-8-14)15-9-11-16(18-3)12-10-15/h4-12,17H,1H2,2-3H3. The van der Waals surface area contributed by atoms with Gasteiger partial charge in [-0.2, -0.15) is 0 Å². The quantitative estimate of drug-likeness (QED) is 0.717. The summed E-state index contributed by atoms with van der Waals surface area (Å²) in [4.78, 5) is 0. The van der Waals surface area contributed by atoms with Crippen LogP contribution in [0.25, 0.3) is 0 Å². The average Bonchev–Trinajstić information content (AvgIpc) is 2.40. The fraction of sp³-hybridized carbons (Fsp3) is 0.176. The first kappa shape index (κ1) is 12.4. The third kappa shape index (κ3) is 2.62. The summed E-state index contributed by atoms with van der Waals surface area (Å²) in [6.07, 6.45) is 0. The summed E-state index contributed by atoms with van der Waals surface area (Å²) < 4.78 is 5.19. The maximum atomic E-state index is 5.19. The van der Waals surface area contributed by atoms with Crippen LogP contribution >= 0.6 is 0 Å². The van der Waals surface area contributed by atoms with Crippen molar-refractivity contribution in [3.63, 3.8) is 0 Å². The van der Waals surface area contributed by atoms with Crippen LogP contribution in [0.15, 0.2) is 66.7 Å². The van der Waals surface area contributed by atoms with Gasteiger partial charge in [-0.05, 0) is 30.2 Å². The highest BCUT2D eigenvalue weighted by Gasteiger charge is 2.14. The molecule has 0 amide bonds. The van der Waals surface area contributed by atoms with E-state index in [1.807, 2.05) is 18.2 Å². The Labute approximate surface area is 109 Å². The third-order valence-electron chi connectivity index (χ3n) is 3.07. The second-order valence-corrected chi connectivity index (χ2v) is 4.46. The Morgan fingerprint density at radius 1 is 0.944 bits per heavy atom. The third-order valence-corrected chi connectivity index (χ3v) is 3.07. The average molecular weight is 238 g/mol. The molecule has 1 heteroatoms. The van der Waals surface area contributed by atoms with Gasteiger partial charge in [0.05, 0.1) is 7.11 Å². The molecule has 0 saturated heterocycles. The second kappa shape index (κ2) is 5.54. The Balaban J connectivity index is 2.39. The van der Waals surface area contributed by atoms with Gasteiger partial charge in [0, 0.05) is 5.92 Å². The highest BCUT2D eigenvalue weighted by atomic mass is 16.5. The van der Waals surface area contributed by atoms with Gasteiger partial charge in [0.1, 0.15) is 5.75 Å². The minimum atomic E-state index is 0.247. The van der Waals surface area contributed by atoms with Gasteiger partial charge in [0.2, 0.25) is 0 Å². The van der Waals surface area contributed by atoms with Crippen molar-refractivity contribution < 1.29 is 4.74 Å². The summed E-state index contributed by atoms with van der Waals surface area (Å²) in [6.45, 7) is 6.19. The largest absolute Gasteiger partial charge is 0.497 e. The van der Waals surface area contributed by atoms with E-state index < -0.39 is 0 Å². The van der Waals surface area contributed by atoms with Crippen molar-refractivity contribution in [1.82, 2.24) is 0 Å². The zero-order valence-corrected chi connectivity index (χ0v) is 10.9. The monoisotopic (exact) mass is 238 g/mol. The van der Waals surface area contributed by atoms with Crippen molar-refractivity contribution in [3.05, 3.63) is 77.9 Å². The van der Waals surface area contributed by atoms with Gasteiger partial charge in [0.15, 0.2) is 0 Å². The van der Waals surface area contributed by atoms with Gasteiger partial charge in [-0.15, -0.1) is 0 Å². The van der Waals surface area contributed by atoms with Gasteiger partial charge in [-0.25, -0.2) is 0 Å². The minimum Gasteiger partial charge on any atom is -0.497 e. The van der Waals surface area contributed by atoms with Crippen molar-refractivity contribution in [2.75, 3.05) is 7.11 Å². The molecule has 2 rings (SSSR count). The zero-order chi connectivity index (χ0) is 13.0. The Hall–Kier alpha value is -2.02. The van der Waals surface area contributed by atoms with E-state index in [2.05, 4.69) is 49.9 Å². The molecule has 92 valence electrons. The number of ether oxygens (including phenoxy) is 1. The van der Waals surface area contributed by atoms with Gasteiger partial charge in [-0.1, -0.05) is 54.6 Å². The lowest BCUT2D eigenvalue weighted by atomic mass is 9.86. The number of hydrogen-bond donors (Lipinski definition) is 0. The lowest BCUT2D eigenvalue weighted by Gasteiger charge is -2.18. The molecule has 0 aromatic heterocycles. The number of rotatable bonds is 4. The lowest BCUT2D eigenvalue weighted by molar-refractivity contribution is 0.414. The number of methoxy groups -OCH3 is 1. The van der Waals surface area contributed by atoms with E-state index in [9.17, 15) is 0 Å². The predicted molar refractivity (Wildman–Crippen MR) is 76.1 cm³/mol. The molecule has 0 aliphatic carbocycles. The van der Waals surface area contributed by atoms with Crippen LogP contribution in [0.3, 0.4) is 0 Å². The molecule has 1 unspecified atom stereocenters. The van der Waals surface area contributed by atoms with Crippen LogP contribution in [-0.4, -0.2) is 7.11 Å². The van der Waals surface area contributed by atoms with E-state index in [0.717, 1.165) is 11.3 Å². The van der Waals surface area contributed by atoms with Crippen molar-refractivity contribution in [2.45, 2.75) is 12.8 Å². The minimum absolute atomic E-state index is 0.247. The van der Waals surface area contributed by atoms with Crippen molar-refractivity contribution in [1.29, 1.82) is 0 Å². The van der Waals surface area contributed by atoms with E-state index >= 15 is 0 Å². The van der Waals surface area contributed by atoms with E-state index in [4.69, 9.17) is 4.74 Å². The summed E-state index contributed by atoms with van der Waals surface area (Å²) in [5.41, 5.74) is 3.66. The summed E-state index contributed by atoms with van der Waals surface area (Å²) >= 11 is 0. The molecular formula is C17H18O. The molecule has 0 heterocycles. The van der Waals surface area contributed by atoms with E-state index in [0.29, 0.717) is 0 Å². The predicted octanol–water partition coefficient (Wildman–Crippen LogP) is 4.40. The zero-order valence-electron chi connectivity index (χ0n) is 10.9. The van der Waals surface area contributed by atoms with Gasteiger partial charge in [0.25, 0.3) is 0 Å². The molecule has 0 aliphatic heterocycles. The first-order valence-electron chi connectivity index (χ1n) is 6.06. The van der Waals surface area contributed by atoms with E-state index in [1.54, 1.807) is 7.11 Å². The molecule has 1 nitrogen and oxygen atoms in total. The molecule has 2 aromatic carbocycles. The van der Waals surface area contributed by atoms with Crippen LogP contribution in [0.4, 0.5) is 0 Å². The molecule has 0 aliphatic rings. The van der Waals surface area contributed by atoms with Crippen molar-refractivity contribution in [3.8, 4) is 5.75 Å². The van der Waals surface area contributed by atoms with Crippen LogP contribution in [0, 0.1) is 0 Å². The van der Waals surface area contributed by atoms with Crippen LogP contribution < -0.4 is 4.74 Å². The fourth-order valence-electron chi connectivity index (χ4n) is 2.20. The fourth-order valence-corrected chi connectivity index (χ4v) is 2.20. The maximum Gasteiger partial charge on any atom is 0.118 e. The highest BCUT2D eigenvalue weighted by molar-refractivity contribution is 5.41. The summed E-state index contributed by atoms with van der Waals surface area (Å²) in [6, 6.07) is 18.6.